The van der Waals surface area contributed by atoms with Crippen LogP contribution in [0.1, 0.15) is 19.0 Å². The fourth-order valence-corrected chi connectivity index (χ4v) is 3.91. The molecule has 0 bridgehead atoms. The number of aromatic nitrogens is 1. The summed E-state index contributed by atoms with van der Waals surface area (Å²) in [4.78, 5) is 42.0. The molecule has 2 aromatic rings. The summed E-state index contributed by atoms with van der Waals surface area (Å²) in [5.74, 6) is -0.279. The fourth-order valence-electron chi connectivity index (χ4n) is 3.91. The van der Waals surface area contributed by atoms with E-state index in [0.29, 0.717) is 26.1 Å². The van der Waals surface area contributed by atoms with E-state index in [-0.39, 0.29) is 24.3 Å². The van der Waals surface area contributed by atoms with E-state index in [1.54, 1.807) is 23.9 Å². The van der Waals surface area contributed by atoms with Crippen LogP contribution in [0.5, 0.6) is 0 Å². The van der Waals surface area contributed by atoms with Gasteiger partial charge in [0.05, 0.1) is 6.54 Å². The average Bonchev–Trinajstić information content (AvgIpc) is 2.99. The van der Waals surface area contributed by atoms with Crippen molar-refractivity contribution in [2.45, 2.75) is 32.9 Å². The molecule has 0 spiro atoms. The average molecular weight is 384 g/mol. The number of aryl methyl sites for hydroxylation is 2. The first-order valence-corrected chi connectivity index (χ1v) is 9.60. The highest BCUT2D eigenvalue weighted by Gasteiger charge is 2.36. The maximum atomic E-state index is 12.8. The topological polar surface area (TPSA) is 65.9 Å². The fraction of sp³-hybridized carbons (Fsp3) is 0.476. The molecule has 0 N–H and O–H groups in total. The van der Waals surface area contributed by atoms with Gasteiger partial charge in [0.1, 0.15) is 6.04 Å². The molecule has 1 aromatic carbocycles. The second kappa shape index (κ2) is 8.04. The summed E-state index contributed by atoms with van der Waals surface area (Å²) in [6.45, 7) is 5.20. The van der Waals surface area contributed by atoms with Gasteiger partial charge in [-0.25, -0.2) is 0 Å². The van der Waals surface area contributed by atoms with Gasteiger partial charge in [0, 0.05) is 58.3 Å². The minimum atomic E-state index is -0.612. The molecular weight excluding hydrogens is 356 g/mol. The molecule has 0 aliphatic carbocycles. The molecule has 1 atom stereocenters. The van der Waals surface area contributed by atoms with Crippen LogP contribution >= 0.6 is 0 Å². The minimum Gasteiger partial charge on any atom is -0.347 e. The van der Waals surface area contributed by atoms with Gasteiger partial charge >= 0.3 is 0 Å². The highest BCUT2D eigenvalue weighted by molar-refractivity contribution is 5.88. The molecule has 150 valence electrons. The molecule has 1 aliphatic rings. The van der Waals surface area contributed by atoms with Crippen LogP contribution in [0, 0.1) is 6.92 Å². The van der Waals surface area contributed by atoms with Gasteiger partial charge in [-0.2, -0.15) is 0 Å². The van der Waals surface area contributed by atoms with Crippen molar-refractivity contribution < 1.29 is 14.4 Å². The monoisotopic (exact) mass is 384 g/mol. The van der Waals surface area contributed by atoms with E-state index in [2.05, 4.69) is 22.8 Å². The predicted molar refractivity (Wildman–Crippen MR) is 108 cm³/mol. The Balaban J connectivity index is 1.69. The zero-order valence-corrected chi connectivity index (χ0v) is 17.0. The number of fused-ring (bicyclic) bond motifs is 1. The Bertz CT molecular complexity index is 902. The number of para-hydroxylation sites is 1. The zero-order valence-electron chi connectivity index (χ0n) is 17.0. The van der Waals surface area contributed by atoms with Gasteiger partial charge in [-0.3, -0.25) is 14.4 Å². The third kappa shape index (κ3) is 3.88. The number of likely N-dealkylation sites (N-methyl/N-ethyl adjacent to an activating group) is 1. The van der Waals surface area contributed by atoms with Crippen LogP contribution in [-0.2, 0) is 20.9 Å². The Labute approximate surface area is 165 Å². The lowest BCUT2D eigenvalue weighted by atomic mass is 10.1. The predicted octanol–water partition coefficient (Wildman–Crippen LogP) is 1.49. The van der Waals surface area contributed by atoms with E-state index in [9.17, 15) is 14.4 Å². The Kier molecular flexibility index (Phi) is 5.72. The summed E-state index contributed by atoms with van der Waals surface area (Å²) in [6, 6.07) is 9.64. The van der Waals surface area contributed by atoms with Crippen molar-refractivity contribution in [3.05, 3.63) is 36.0 Å². The van der Waals surface area contributed by atoms with Crippen molar-refractivity contribution >= 4 is 28.6 Å². The minimum absolute atomic E-state index is 0.0111. The summed E-state index contributed by atoms with van der Waals surface area (Å²) >= 11 is 0. The van der Waals surface area contributed by atoms with Crippen molar-refractivity contribution in [3.63, 3.8) is 0 Å². The molecule has 2 heterocycles. The molecule has 7 nitrogen and oxygen atoms in total. The van der Waals surface area contributed by atoms with E-state index >= 15 is 0 Å². The number of amides is 3. The van der Waals surface area contributed by atoms with Gasteiger partial charge in [-0.05, 0) is 24.4 Å². The molecule has 7 heteroatoms. The van der Waals surface area contributed by atoms with Crippen LogP contribution in [0.25, 0.3) is 10.9 Å². The number of hydrogen-bond acceptors (Lipinski definition) is 3. The van der Waals surface area contributed by atoms with E-state index in [1.807, 2.05) is 19.1 Å². The van der Waals surface area contributed by atoms with E-state index in [4.69, 9.17) is 0 Å². The van der Waals surface area contributed by atoms with Crippen LogP contribution in [0.2, 0.25) is 0 Å². The first-order chi connectivity index (χ1) is 13.3. The highest BCUT2D eigenvalue weighted by Crippen LogP contribution is 2.20. The summed E-state index contributed by atoms with van der Waals surface area (Å²) < 4.78 is 2.15. The summed E-state index contributed by atoms with van der Waals surface area (Å²) in [5.41, 5.74) is 2.24. The van der Waals surface area contributed by atoms with Crippen LogP contribution < -0.4 is 0 Å². The van der Waals surface area contributed by atoms with Crippen molar-refractivity contribution in [2.75, 3.05) is 33.7 Å². The van der Waals surface area contributed by atoms with E-state index in [0.717, 1.165) is 11.2 Å². The van der Waals surface area contributed by atoms with Crippen molar-refractivity contribution in [2.24, 2.45) is 0 Å². The van der Waals surface area contributed by atoms with Crippen molar-refractivity contribution in [1.29, 1.82) is 0 Å². The molecule has 0 radical (unpaired) electrons. The lowest BCUT2D eigenvalue weighted by Gasteiger charge is -2.41. The summed E-state index contributed by atoms with van der Waals surface area (Å²) in [7, 11) is 3.34. The SMILES string of the molecule is CC(=O)N1CCN(C(=O)CCn2c(C)cc3ccccc32)C[C@H]1C(=O)N(C)C. The molecule has 1 saturated heterocycles. The molecule has 0 saturated carbocycles. The Morgan fingerprint density at radius 2 is 1.86 bits per heavy atom. The van der Waals surface area contributed by atoms with Gasteiger partial charge in [0.15, 0.2) is 0 Å². The largest absolute Gasteiger partial charge is 0.347 e. The summed E-state index contributed by atoms with van der Waals surface area (Å²) in [6.07, 6.45) is 0.364. The van der Waals surface area contributed by atoms with Crippen LogP contribution in [0.15, 0.2) is 30.3 Å². The number of piperazine rings is 1. The number of nitrogens with zero attached hydrogens (tertiary/aromatic N) is 4. The quantitative estimate of drug-likeness (QED) is 0.802. The second-order valence-electron chi connectivity index (χ2n) is 7.55. The molecule has 1 fully saturated rings. The maximum absolute atomic E-state index is 12.8. The van der Waals surface area contributed by atoms with E-state index in [1.165, 1.54) is 17.2 Å². The van der Waals surface area contributed by atoms with Crippen LogP contribution in [0.4, 0.5) is 0 Å². The Morgan fingerprint density at radius 3 is 2.54 bits per heavy atom. The first kappa shape index (κ1) is 19.9. The number of rotatable bonds is 4. The zero-order chi connectivity index (χ0) is 20.4. The summed E-state index contributed by atoms with van der Waals surface area (Å²) in [5, 5.41) is 1.17. The molecule has 28 heavy (non-hydrogen) atoms. The van der Waals surface area contributed by atoms with Gasteiger partial charge < -0.3 is 19.3 Å². The lowest BCUT2D eigenvalue weighted by Crippen LogP contribution is -2.61. The normalized spacial score (nSPS) is 17.1. The maximum Gasteiger partial charge on any atom is 0.246 e. The number of hydrogen-bond donors (Lipinski definition) is 0. The molecule has 1 aromatic heterocycles. The number of carbonyl (C=O) groups is 3. The smallest absolute Gasteiger partial charge is 0.246 e. The second-order valence-corrected chi connectivity index (χ2v) is 7.55. The van der Waals surface area contributed by atoms with Crippen molar-refractivity contribution in [1.82, 2.24) is 19.3 Å². The lowest BCUT2D eigenvalue weighted by molar-refractivity contribution is -0.150. The van der Waals surface area contributed by atoms with Crippen LogP contribution in [0.3, 0.4) is 0 Å². The van der Waals surface area contributed by atoms with Crippen LogP contribution in [-0.4, -0.2) is 76.8 Å². The molecule has 1 aliphatic heterocycles. The van der Waals surface area contributed by atoms with Crippen molar-refractivity contribution in [3.8, 4) is 0 Å². The standard InChI is InChI=1S/C21H28N4O3/c1-15-13-17-7-5-6-8-18(17)24(15)10-9-20(27)23-11-12-25(16(2)26)19(14-23)21(28)22(3)4/h5-8,13,19H,9-12,14H2,1-4H3/t19-/m0/s1. The van der Waals surface area contributed by atoms with Gasteiger partial charge in [0.2, 0.25) is 17.7 Å². The number of benzene rings is 1. The highest BCUT2D eigenvalue weighted by atomic mass is 16.2. The number of carbonyl (C=O) groups excluding carboxylic acids is 3. The van der Waals surface area contributed by atoms with E-state index < -0.39 is 6.04 Å². The first-order valence-electron chi connectivity index (χ1n) is 9.60. The van der Waals surface area contributed by atoms with Gasteiger partial charge in [-0.1, -0.05) is 18.2 Å². The molecule has 3 rings (SSSR count). The third-order valence-electron chi connectivity index (χ3n) is 5.43. The molecule has 3 amide bonds. The molecular formula is C21H28N4O3. The molecule has 0 unspecified atom stereocenters. The van der Waals surface area contributed by atoms with Gasteiger partial charge in [-0.15, -0.1) is 0 Å². The Hall–Kier alpha value is -2.83. The Morgan fingerprint density at radius 1 is 1.14 bits per heavy atom. The third-order valence-corrected chi connectivity index (χ3v) is 5.43. The van der Waals surface area contributed by atoms with Gasteiger partial charge in [0.25, 0.3) is 0 Å².